The molecule has 59 heavy (non-hydrogen) atoms. The lowest BCUT2D eigenvalue weighted by Crippen LogP contribution is -2.51. The van der Waals surface area contributed by atoms with Crippen LogP contribution in [0.5, 0.6) is 5.75 Å². The van der Waals surface area contributed by atoms with Gasteiger partial charge in [-0.2, -0.15) is 0 Å². The first-order valence-electron chi connectivity index (χ1n) is 18.8. The number of aliphatic carboxylic acids is 4. The van der Waals surface area contributed by atoms with Crippen molar-refractivity contribution >= 4 is 47.6 Å². The van der Waals surface area contributed by atoms with Crippen molar-refractivity contribution in [1.29, 1.82) is 0 Å². The zero-order chi connectivity index (χ0) is 45.5. The van der Waals surface area contributed by atoms with Crippen LogP contribution in [-0.2, 0) is 40.0 Å². The van der Waals surface area contributed by atoms with Crippen molar-refractivity contribution in [2.45, 2.75) is 104 Å². The Labute approximate surface area is 343 Å². The molecule has 2 rings (SSSR count). The molecule has 0 saturated carbocycles. The van der Waals surface area contributed by atoms with E-state index in [4.69, 9.17) is 36.4 Å². The molecule has 0 saturated heterocycles. The van der Waals surface area contributed by atoms with Crippen LogP contribution in [-0.4, -0.2) is 110 Å². The van der Waals surface area contributed by atoms with E-state index in [9.17, 15) is 38.4 Å². The van der Waals surface area contributed by atoms with Crippen molar-refractivity contribution in [2.24, 2.45) is 17.6 Å². The van der Waals surface area contributed by atoms with Crippen LogP contribution in [0.25, 0.3) is 0 Å². The van der Waals surface area contributed by atoms with Gasteiger partial charge in [-0.25, -0.2) is 14.4 Å². The van der Waals surface area contributed by atoms with Crippen LogP contribution in [0.3, 0.4) is 0 Å². The Morgan fingerprint density at radius 3 is 1.53 bits per heavy atom. The van der Waals surface area contributed by atoms with Crippen LogP contribution in [0.4, 0.5) is 4.79 Å². The van der Waals surface area contributed by atoms with Gasteiger partial charge >= 0.3 is 29.9 Å². The second-order valence-corrected chi connectivity index (χ2v) is 13.9. The Hall–Kier alpha value is -6.24. The summed E-state index contributed by atoms with van der Waals surface area (Å²) in [5.74, 6) is -5.31. The van der Waals surface area contributed by atoms with Gasteiger partial charge in [0.05, 0.1) is 0 Å². The van der Waals surface area contributed by atoms with Crippen LogP contribution >= 0.6 is 0 Å². The first-order valence-corrected chi connectivity index (χ1v) is 18.8. The number of nitrogens with two attached hydrogens (primary N) is 1. The zero-order valence-electron chi connectivity index (χ0n) is 34.2. The highest BCUT2D eigenvalue weighted by Gasteiger charge is 2.25. The number of phenolic OH excluding ortho intramolecular Hbond substituents is 1. The number of aromatic hydroxyl groups is 1. The van der Waals surface area contributed by atoms with Crippen LogP contribution in [0.2, 0.25) is 0 Å². The van der Waals surface area contributed by atoms with Crippen LogP contribution in [0.15, 0.2) is 54.6 Å². The number of carboxylic acid groups (broad SMARTS) is 4. The first-order chi connectivity index (χ1) is 27.6. The molecule has 0 spiro atoms. The highest BCUT2D eigenvalue weighted by molar-refractivity contribution is 5.90. The number of nitrogens with one attached hydrogen (secondary N) is 4. The lowest BCUT2D eigenvalue weighted by molar-refractivity contribution is -0.141. The number of urea groups is 1. The molecular formula is C40H61N5O14. The minimum atomic E-state index is -1.48. The van der Waals surface area contributed by atoms with Crippen LogP contribution < -0.4 is 27.0 Å². The van der Waals surface area contributed by atoms with Gasteiger partial charge in [0.15, 0.2) is 0 Å². The number of benzene rings is 2. The number of carboxylic acids is 4. The smallest absolute Gasteiger partial charge is 0.326 e. The number of rotatable bonds is 21. The van der Waals surface area contributed by atoms with E-state index in [1.807, 2.05) is 73.9 Å². The highest BCUT2D eigenvalue weighted by atomic mass is 16.4. The summed E-state index contributed by atoms with van der Waals surface area (Å²) < 4.78 is 0. The zero-order valence-corrected chi connectivity index (χ0v) is 34.2. The number of aliphatic hydroxyl groups excluding tert-OH is 1. The quantitative estimate of drug-likeness (QED) is 0.0861. The fourth-order valence-corrected chi connectivity index (χ4v) is 4.26. The minimum absolute atomic E-state index is 0.204. The Morgan fingerprint density at radius 2 is 1.14 bits per heavy atom. The molecule has 2 aromatic rings. The summed E-state index contributed by atoms with van der Waals surface area (Å²) in [7, 11) is 0. The van der Waals surface area contributed by atoms with E-state index in [0.717, 1.165) is 18.4 Å². The maximum absolute atomic E-state index is 12.1. The van der Waals surface area contributed by atoms with Gasteiger partial charge in [-0.3, -0.25) is 24.0 Å². The predicted molar refractivity (Wildman–Crippen MR) is 216 cm³/mol. The molecule has 19 nitrogen and oxygen atoms in total. The van der Waals surface area contributed by atoms with Crippen molar-refractivity contribution in [3.8, 4) is 5.75 Å². The van der Waals surface area contributed by atoms with E-state index < -0.39 is 72.8 Å². The highest BCUT2D eigenvalue weighted by Crippen LogP contribution is 2.08. The topological polar surface area (TPSA) is 332 Å². The molecule has 0 fully saturated rings. The summed E-state index contributed by atoms with van der Waals surface area (Å²) in [6.45, 7) is 10.1. The average Bonchev–Trinajstić information content (AvgIpc) is 3.14. The summed E-state index contributed by atoms with van der Waals surface area (Å²) in [6, 6.07) is 11.6. The molecule has 0 aliphatic rings. The molecule has 19 heteroatoms. The number of phenols is 1. The number of carbonyl (C=O) groups excluding carboxylic acids is 4. The lowest BCUT2D eigenvalue weighted by Gasteiger charge is -2.18. The largest absolute Gasteiger partial charge is 0.508 e. The Bertz CT molecular complexity index is 1530. The molecule has 5 amide bonds. The third kappa shape index (κ3) is 32.5. The van der Waals surface area contributed by atoms with Gasteiger partial charge in [0.2, 0.25) is 17.7 Å². The number of carbonyl (C=O) groups is 8. The Kier molecular flexibility index (Phi) is 29.6. The third-order valence-corrected chi connectivity index (χ3v) is 7.57. The summed E-state index contributed by atoms with van der Waals surface area (Å²) in [4.78, 5) is 89.0. The van der Waals surface area contributed by atoms with E-state index in [0.29, 0.717) is 37.0 Å². The number of hydrogen-bond acceptors (Lipinski definition) is 10. The first kappa shape index (κ1) is 54.9. The van der Waals surface area contributed by atoms with Gasteiger partial charge in [0, 0.05) is 32.3 Å². The summed E-state index contributed by atoms with van der Waals surface area (Å²) >= 11 is 0. The summed E-state index contributed by atoms with van der Waals surface area (Å²) in [6.07, 6.45) is 0.942. The fraction of sp³-hybridized carbons (Fsp3) is 0.500. The monoisotopic (exact) mass is 835 g/mol. The number of hydrogen-bond donors (Lipinski definition) is 11. The molecule has 0 bridgehead atoms. The van der Waals surface area contributed by atoms with Gasteiger partial charge < -0.3 is 57.6 Å². The van der Waals surface area contributed by atoms with E-state index in [2.05, 4.69) is 24.5 Å². The SMILES string of the molecule is CC(C)CCC(=O)NC(Cc1ccccc1)C(=O)NCC(=O)O.CC(C)CCO.Cc1ccc(O)cc1.NC(=O)CCC(NC(=O)NC(CCC(=O)O)C(=O)O)C(=O)O. The molecule has 0 radical (unpaired) electrons. The number of aliphatic hydroxyl groups is 1. The van der Waals surface area contributed by atoms with Crippen molar-refractivity contribution in [3.63, 3.8) is 0 Å². The van der Waals surface area contributed by atoms with E-state index in [1.54, 1.807) is 12.1 Å². The molecular weight excluding hydrogens is 774 g/mol. The Morgan fingerprint density at radius 1 is 0.627 bits per heavy atom. The molecule has 0 aromatic heterocycles. The molecule has 330 valence electrons. The number of primary amides is 1. The standard InChI is InChI=1S/C17H24N2O4.C11H17N3O8.C7H8O.C5H12O/c1-12(2)8-9-15(20)19-14(17(23)18-11-16(21)22)10-13-6-4-3-5-7-13;12-7(15)3-1-5(9(18)19)13-11(22)14-6(10(20)21)2-4-8(16)17;1-6-2-4-7(8)5-3-6;1-5(2)3-4-6/h3-7,12,14H,8-11H2,1-2H3,(H,18,23)(H,19,20)(H,21,22);5-6H,1-4H2,(H2,12,15)(H,16,17)(H,18,19)(H,20,21)(H2,13,14,22);2-5,8H,1H3;5-6H,3-4H2,1-2H3. The second kappa shape index (κ2) is 31.8. The summed E-state index contributed by atoms with van der Waals surface area (Å²) in [5.41, 5.74) is 6.93. The van der Waals surface area contributed by atoms with Gasteiger partial charge in [-0.1, -0.05) is 75.7 Å². The molecule has 12 N–H and O–H groups in total. The van der Waals surface area contributed by atoms with Crippen LogP contribution in [0, 0.1) is 18.8 Å². The molecule has 0 aliphatic carbocycles. The molecule has 0 heterocycles. The van der Waals surface area contributed by atoms with E-state index in [-0.39, 0.29) is 25.2 Å². The molecule has 3 atom stereocenters. The second-order valence-electron chi connectivity index (χ2n) is 13.9. The lowest BCUT2D eigenvalue weighted by atomic mass is 10.0. The van der Waals surface area contributed by atoms with Gasteiger partial charge in [0.1, 0.15) is 30.4 Å². The normalized spacial score (nSPS) is 11.6. The van der Waals surface area contributed by atoms with Crippen molar-refractivity contribution in [1.82, 2.24) is 21.3 Å². The molecule has 0 aliphatic heterocycles. The van der Waals surface area contributed by atoms with Gasteiger partial charge in [-0.15, -0.1) is 0 Å². The fourth-order valence-electron chi connectivity index (χ4n) is 4.26. The summed E-state index contributed by atoms with van der Waals surface area (Å²) in [5, 5.41) is 60.8. The van der Waals surface area contributed by atoms with Crippen LogP contribution in [0.1, 0.15) is 83.8 Å². The number of amides is 5. The van der Waals surface area contributed by atoms with Crippen molar-refractivity contribution in [3.05, 3.63) is 65.7 Å². The van der Waals surface area contributed by atoms with Gasteiger partial charge in [-0.05, 0) is 62.1 Å². The molecule has 2 aromatic carbocycles. The van der Waals surface area contributed by atoms with E-state index >= 15 is 0 Å². The molecule has 3 unspecified atom stereocenters. The minimum Gasteiger partial charge on any atom is -0.508 e. The van der Waals surface area contributed by atoms with Crippen molar-refractivity contribution < 1.29 is 69.0 Å². The predicted octanol–water partition coefficient (Wildman–Crippen LogP) is 2.40. The maximum Gasteiger partial charge on any atom is 0.326 e. The Balaban J connectivity index is 0. The van der Waals surface area contributed by atoms with Gasteiger partial charge in [0.25, 0.3) is 0 Å². The number of aryl methyl sites for hydroxylation is 1. The van der Waals surface area contributed by atoms with E-state index in [1.165, 1.54) is 5.56 Å². The van der Waals surface area contributed by atoms with Crippen molar-refractivity contribution in [2.75, 3.05) is 13.2 Å². The maximum atomic E-state index is 12.1. The third-order valence-electron chi connectivity index (χ3n) is 7.57. The average molecular weight is 836 g/mol.